The first-order valence-electron chi connectivity index (χ1n) is 5.12. The zero-order chi connectivity index (χ0) is 12.1. The van der Waals surface area contributed by atoms with Gasteiger partial charge in [-0.2, -0.15) is 0 Å². The lowest BCUT2D eigenvalue weighted by molar-refractivity contribution is 0.112. The lowest BCUT2D eigenvalue weighted by atomic mass is 10.2. The Balaban J connectivity index is 1.99. The minimum atomic E-state index is 0.786. The van der Waals surface area contributed by atoms with Crippen molar-refractivity contribution in [3.05, 3.63) is 46.8 Å². The molecule has 1 aromatic carbocycles. The molecule has 0 unspecified atom stereocenters. The van der Waals surface area contributed by atoms with E-state index in [-0.39, 0.29) is 0 Å². The van der Waals surface area contributed by atoms with Crippen LogP contribution in [0, 0.1) is 0 Å². The molecule has 0 radical (unpaired) electrons. The molecule has 88 valence electrons. The quantitative estimate of drug-likeness (QED) is 0.606. The first-order chi connectivity index (χ1) is 8.33. The molecule has 0 spiro atoms. The van der Waals surface area contributed by atoms with E-state index < -0.39 is 0 Å². The number of hydrogen-bond donors (Lipinski definition) is 0. The standard InChI is InChI=1S/C13H12O2S2/c1-15-12-4-2-10(3-5-12)9-17-13-11(8-14)6-7-16-13/h2-8H,9H2,1H3. The zero-order valence-electron chi connectivity index (χ0n) is 9.38. The van der Waals surface area contributed by atoms with Gasteiger partial charge in [0.1, 0.15) is 5.75 Å². The monoisotopic (exact) mass is 264 g/mol. The molecule has 2 aromatic rings. The van der Waals surface area contributed by atoms with E-state index in [1.165, 1.54) is 5.56 Å². The first kappa shape index (κ1) is 12.2. The highest BCUT2D eigenvalue weighted by Crippen LogP contribution is 2.30. The molecule has 0 aliphatic heterocycles. The van der Waals surface area contributed by atoms with Crippen molar-refractivity contribution in [1.82, 2.24) is 0 Å². The predicted octanol–water partition coefficient (Wildman–Crippen LogP) is 3.86. The summed E-state index contributed by atoms with van der Waals surface area (Å²) in [5.74, 6) is 1.73. The van der Waals surface area contributed by atoms with E-state index in [1.54, 1.807) is 30.2 Å². The largest absolute Gasteiger partial charge is 0.497 e. The fourth-order valence-electron chi connectivity index (χ4n) is 1.38. The summed E-state index contributed by atoms with van der Waals surface area (Å²) in [6, 6.07) is 9.84. The number of benzene rings is 1. The number of carbonyl (C=O) groups excluding carboxylic acids is 1. The molecule has 0 amide bonds. The van der Waals surface area contributed by atoms with Crippen LogP contribution in [0.3, 0.4) is 0 Å². The summed E-state index contributed by atoms with van der Waals surface area (Å²) >= 11 is 3.30. The highest BCUT2D eigenvalue weighted by Gasteiger charge is 2.04. The molecule has 1 aromatic heterocycles. The second-order valence-electron chi connectivity index (χ2n) is 3.42. The van der Waals surface area contributed by atoms with Gasteiger partial charge in [-0.3, -0.25) is 4.79 Å². The number of carbonyl (C=O) groups is 1. The molecule has 0 aliphatic rings. The van der Waals surface area contributed by atoms with Crippen LogP contribution in [-0.2, 0) is 5.75 Å². The van der Waals surface area contributed by atoms with E-state index in [1.807, 2.05) is 35.7 Å². The normalized spacial score (nSPS) is 10.2. The summed E-state index contributed by atoms with van der Waals surface area (Å²) in [6.45, 7) is 0. The molecule has 2 rings (SSSR count). The molecule has 4 heteroatoms. The van der Waals surface area contributed by atoms with Crippen LogP contribution in [0.15, 0.2) is 39.9 Å². The third-order valence-corrected chi connectivity index (χ3v) is 4.65. The van der Waals surface area contributed by atoms with Gasteiger partial charge in [-0.1, -0.05) is 12.1 Å². The minimum absolute atomic E-state index is 0.786. The summed E-state index contributed by atoms with van der Waals surface area (Å²) in [5.41, 5.74) is 2.01. The summed E-state index contributed by atoms with van der Waals surface area (Å²) in [7, 11) is 1.66. The van der Waals surface area contributed by atoms with Crippen LogP contribution in [0.2, 0.25) is 0 Å². The third-order valence-electron chi connectivity index (χ3n) is 2.31. The van der Waals surface area contributed by atoms with Gasteiger partial charge in [0.25, 0.3) is 0 Å². The van der Waals surface area contributed by atoms with Gasteiger partial charge in [-0.05, 0) is 29.1 Å². The second kappa shape index (κ2) is 5.89. The summed E-state index contributed by atoms with van der Waals surface area (Å²) in [4.78, 5) is 10.8. The molecular formula is C13H12O2S2. The van der Waals surface area contributed by atoms with Gasteiger partial charge in [0.15, 0.2) is 6.29 Å². The topological polar surface area (TPSA) is 26.3 Å². The van der Waals surface area contributed by atoms with E-state index in [2.05, 4.69) is 0 Å². The van der Waals surface area contributed by atoms with Gasteiger partial charge in [-0.25, -0.2) is 0 Å². The Bertz CT molecular complexity index is 488. The van der Waals surface area contributed by atoms with Gasteiger partial charge in [0.2, 0.25) is 0 Å². The SMILES string of the molecule is COc1ccc(CSc2sccc2C=O)cc1. The van der Waals surface area contributed by atoms with Gasteiger partial charge in [-0.15, -0.1) is 23.1 Å². The van der Waals surface area contributed by atoms with E-state index in [0.29, 0.717) is 0 Å². The number of hydrogen-bond acceptors (Lipinski definition) is 4. The average Bonchev–Trinajstić information content (AvgIpc) is 2.84. The van der Waals surface area contributed by atoms with Crippen LogP contribution in [-0.4, -0.2) is 13.4 Å². The van der Waals surface area contributed by atoms with Crippen molar-refractivity contribution in [3.63, 3.8) is 0 Å². The molecule has 2 nitrogen and oxygen atoms in total. The van der Waals surface area contributed by atoms with Crippen molar-refractivity contribution in [2.24, 2.45) is 0 Å². The van der Waals surface area contributed by atoms with Crippen molar-refractivity contribution >= 4 is 29.4 Å². The number of ether oxygens (including phenoxy) is 1. The molecule has 0 fully saturated rings. The number of thiophene rings is 1. The van der Waals surface area contributed by atoms with Crippen molar-refractivity contribution in [2.45, 2.75) is 9.96 Å². The lowest BCUT2D eigenvalue weighted by Crippen LogP contribution is -1.84. The summed E-state index contributed by atoms with van der Waals surface area (Å²) in [5, 5.41) is 1.94. The zero-order valence-corrected chi connectivity index (χ0v) is 11.0. The van der Waals surface area contributed by atoms with Gasteiger partial charge < -0.3 is 4.74 Å². The van der Waals surface area contributed by atoms with Gasteiger partial charge >= 0.3 is 0 Å². The van der Waals surface area contributed by atoms with Crippen LogP contribution < -0.4 is 4.74 Å². The fraction of sp³-hybridized carbons (Fsp3) is 0.154. The molecule has 0 saturated carbocycles. The maximum absolute atomic E-state index is 10.8. The molecule has 0 saturated heterocycles. The van der Waals surface area contributed by atoms with E-state index in [4.69, 9.17) is 4.74 Å². The highest BCUT2D eigenvalue weighted by atomic mass is 32.2. The Kier molecular flexibility index (Phi) is 4.23. The van der Waals surface area contributed by atoms with Crippen molar-refractivity contribution in [3.8, 4) is 5.75 Å². The summed E-state index contributed by atoms with van der Waals surface area (Å²) < 4.78 is 6.18. The molecule has 0 N–H and O–H groups in total. The van der Waals surface area contributed by atoms with E-state index in [0.717, 1.165) is 27.6 Å². The van der Waals surface area contributed by atoms with Crippen LogP contribution in [0.5, 0.6) is 5.75 Å². The molecular weight excluding hydrogens is 252 g/mol. The van der Waals surface area contributed by atoms with Crippen LogP contribution >= 0.6 is 23.1 Å². The van der Waals surface area contributed by atoms with Crippen LogP contribution in [0.4, 0.5) is 0 Å². The first-order valence-corrected chi connectivity index (χ1v) is 6.98. The molecule has 0 aliphatic carbocycles. The van der Waals surface area contributed by atoms with Crippen molar-refractivity contribution in [2.75, 3.05) is 7.11 Å². The van der Waals surface area contributed by atoms with Gasteiger partial charge in [0.05, 0.1) is 11.3 Å². The predicted molar refractivity (Wildman–Crippen MR) is 72.3 cm³/mol. The Labute approximate surface area is 109 Å². The maximum Gasteiger partial charge on any atom is 0.152 e. The average molecular weight is 264 g/mol. The highest BCUT2D eigenvalue weighted by molar-refractivity contribution is 8.00. The van der Waals surface area contributed by atoms with Crippen molar-refractivity contribution < 1.29 is 9.53 Å². The smallest absolute Gasteiger partial charge is 0.152 e. The van der Waals surface area contributed by atoms with Crippen molar-refractivity contribution in [1.29, 1.82) is 0 Å². The Morgan fingerprint density at radius 3 is 2.71 bits per heavy atom. The van der Waals surface area contributed by atoms with E-state index >= 15 is 0 Å². The fourth-order valence-corrected chi connectivity index (χ4v) is 3.36. The molecule has 0 bridgehead atoms. The number of rotatable bonds is 5. The summed E-state index contributed by atoms with van der Waals surface area (Å²) in [6.07, 6.45) is 0.910. The third kappa shape index (κ3) is 3.11. The van der Waals surface area contributed by atoms with E-state index in [9.17, 15) is 4.79 Å². The molecule has 1 heterocycles. The Morgan fingerprint density at radius 1 is 1.29 bits per heavy atom. The maximum atomic E-state index is 10.8. The number of thioether (sulfide) groups is 1. The minimum Gasteiger partial charge on any atom is -0.497 e. The lowest BCUT2D eigenvalue weighted by Gasteiger charge is -2.02. The number of aldehydes is 1. The molecule has 0 atom stereocenters. The molecule has 17 heavy (non-hydrogen) atoms. The van der Waals surface area contributed by atoms with Gasteiger partial charge in [0, 0.05) is 11.3 Å². The second-order valence-corrected chi connectivity index (χ2v) is 5.58. The Hall–Kier alpha value is -1.26. The van der Waals surface area contributed by atoms with Crippen LogP contribution in [0.25, 0.3) is 0 Å². The number of methoxy groups -OCH3 is 1. The Morgan fingerprint density at radius 2 is 2.06 bits per heavy atom. The van der Waals surface area contributed by atoms with Crippen LogP contribution in [0.1, 0.15) is 15.9 Å².